The van der Waals surface area contributed by atoms with Crippen LogP contribution < -0.4 is 5.32 Å². The summed E-state index contributed by atoms with van der Waals surface area (Å²) in [5.41, 5.74) is 0. The lowest BCUT2D eigenvalue weighted by atomic mass is 10.2. The molecule has 1 fully saturated rings. The van der Waals surface area contributed by atoms with Gasteiger partial charge >= 0.3 is 0 Å². The fraction of sp³-hybridized carbons (Fsp3) is 0.900. The second-order valence-corrected chi connectivity index (χ2v) is 5.51. The van der Waals surface area contributed by atoms with Crippen LogP contribution in [0.2, 0.25) is 0 Å². The lowest BCUT2D eigenvalue weighted by molar-refractivity contribution is 0.654. The third-order valence-electron chi connectivity index (χ3n) is 2.57. The minimum absolute atomic E-state index is 0.686. The van der Waals surface area contributed by atoms with Crippen molar-refractivity contribution in [3.8, 4) is 0 Å². The molecule has 0 saturated heterocycles. The predicted octanol–water partition coefficient (Wildman–Crippen LogP) is 2.26. The number of nitrogens with one attached hydrogen (secondary N) is 1. The number of rotatable bonds is 4. The van der Waals surface area contributed by atoms with E-state index in [1.165, 1.54) is 30.9 Å². The molecule has 1 aliphatic carbocycles. The third kappa shape index (κ3) is 3.22. The molecule has 0 bridgehead atoms. The van der Waals surface area contributed by atoms with Crippen LogP contribution in [0.15, 0.2) is 4.99 Å². The normalized spacial score (nSPS) is 27.5. The SMILES string of the molecule is CC1CN=C(NCCCC2CC2)S1. The smallest absolute Gasteiger partial charge is 0.156 e. The summed E-state index contributed by atoms with van der Waals surface area (Å²) in [6.45, 7) is 4.34. The molecule has 1 N–H and O–H groups in total. The molecule has 0 aromatic carbocycles. The molecule has 0 aromatic rings. The maximum atomic E-state index is 4.42. The van der Waals surface area contributed by atoms with E-state index in [9.17, 15) is 0 Å². The van der Waals surface area contributed by atoms with Crippen molar-refractivity contribution < 1.29 is 0 Å². The molecule has 0 amide bonds. The van der Waals surface area contributed by atoms with Gasteiger partial charge in [-0.2, -0.15) is 0 Å². The summed E-state index contributed by atoms with van der Waals surface area (Å²) in [7, 11) is 0. The highest BCUT2D eigenvalue weighted by molar-refractivity contribution is 8.14. The minimum atomic E-state index is 0.686. The minimum Gasteiger partial charge on any atom is -0.365 e. The predicted molar refractivity (Wildman–Crippen MR) is 59.3 cm³/mol. The van der Waals surface area contributed by atoms with Gasteiger partial charge in [0.25, 0.3) is 0 Å². The molecule has 74 valence electrons. The van der Waals surface area contributed by atoms with Crippen LogP contribution in [0.1, 0.15) is 32.6 Å². The Morgan fingerprint density at radius 3 is 3.00 bits per heavy atom. The summed E-state index contributed by atoms with van der Waals surface area (Å²) in [4.78, 5) is 4.42. The summed E-state index contributed by atoms with van der Waals surface area (Å²) >= 11 is 1.88. The Morgan fingerprint density at radius 1 is 1.54 bits per heavy atom. The lowest BCUT2D eigenvalue weighted by Crippen LogP contribution is -2.20. The summed E-state index contributed by atoms with van der Waals surface area (Å²) < 4.78 is 0. The Balaban J connectivity index is 1.52. The average Bonchev–Trinajstić information content (AvgIpc) is 2.84. The van der Waals surface area contributed by atoms with Crippen molar-refractivity contribution in [2.45, 2.75) is 37.9 Å². The average molecular weight is 198 g/mol. The van der Waals surface area contributed by atoms with Crippen LogP contribution in [0.25, 0.3) is 0 Å². The molecule has 0 aromatic heterocycles. The largest absolute Gasteiger partial charge is 0.365 e. The van der Waals surface area contributed by atoms with Gasteiger partial charge in [-0.25, -0.2) is 0 Å². The Labute approximate surface area is 84.6 Å². The van der Waals surface area contributed by atoms with Crippen LogP contribution in [-0.2, 0) is 0 Å². The number of aliphatic imine (C=N–C) groups is 1. The van der Waals surface area contributed by atoms with Crippen LogP contribution in [0, 0.1) is 5.92 Å². The molecule has 0 radical (unpaired) electrons. The maximum Gasteiger partial charge on any atom is 0.156 e. The van der Waals surface area contributed by atoms with Gasteiger partial charge in [0.05, 0.1) is 6.54 Å². The first-order valence-corrected chi connectivity index (χ1v) is 6.17. The zero-order chi connectivity index (χ0) is 9.10. The molecule has 1 heterocycles. The Morgan fingerprint density at radius 2 is 2.38 bits per heavy atom. The molecule has 1 aliphatic heterocycles. The number of thioether (sulfide) groups is 1. The van der Waals surface area contributed by atoms with E-state index in [4.69, 9.17) is 0 Å². The Bertz CT molecular complexity index is 199. The zero-order valence-corrected chi connectivity index (χ0v) is 9.07. The summed E-state index contributed by atoms with van der Waals surface area (Å²) in [6, 6.07) is 0. The monoisotopic (exact) mass is 198 g/mol. The van der Waals surface area contributed by atoms with Crippen molar-refractivity contribution in [3.05, 3.63) is 0 Å². The van der Waals surface area contributed by atoms with Crippen molar-refractivity contribution in [1.29, 1.82) is 0 Å². The van der Waals surface area contributed by atoms with Gasteiger partial charge in [-0.05, 0) is 18.8 Å². The van der Waals surface area contributed by atoms with Gasteiger partial charge in [-0.3, -0.25) is 4.99 Å². The molecule has 2 rings (SSSR count). The molecular weight excluding hydrogens is 180 g/mol. The van der Waals surface area contributed by atoms with E-state index in [0.29, 0.717) is 5.25 Å². The first kappa shape index (κ1) is 9.38. The second-order valence-electron chi connectivity index (χ2n) is 4.09. The van der Waals surface area contributed by atoms with E-state index < -0.39 is 0 Å². The van der Waals surface area contributed by atoms with Gasteiger partial charge < -0.3 is 5.32 Å². The van der Waals surface area contributed by atoms with Crippen molar-refractivity contribution in [1.82, 2.24) is 5.32 Å². The van der Waals surface area contributed by atoms with Gasteiger partial charge in [0.15, 0.2) is 5.17 Å². The van der Waals surface area contributed by atoms with Crippen LogP contribution in [0.3, 0.4) is 0 Å². The quantitative estimate of drug-likeness (QED) is 0.701. The van der Waals surface area contributed by atoms with Crippen LogP contribution in [0.4, 0.5) is 0 Å². The van der Waals surface area contributed by atoms with Crippen molar-refractivity contribution in [2.75, 3.05) is 13.1 Å². The van der Waals surface area contributed by atoms with Crippen molar-refractivity contribution in [3.63, 3.8) is 0 Å². The van der Waals surface area contributed by atoms with E-state index in [1.807, 2.05) is 11.8 Å². The number of nitrogens with zero attached hydrogens (tertiary/aromatic N) is 1. The van der Waals surface area contributed by atoms with E-state index in [2.05, 4.69) is 17.2 Å². The molecule has 13 heavy (non-hydrogen) atoms. The summed E-state index contributed by atoms with van der Waals surface area (Å²) in [5, 5.41) is 5.26. The molecule has 0 spiro atoms. The van der Waals surface area contributed by atoms with Gasteiger partial charge in [0.1, 0.15) is 0 Å². The van der Waals surface area contributed by atoms with Gasteiger partial charge in [-0.1, -0.05) is 31.5 Å². The Hall–Kier alpha value is -0.180. The highest BCUT2D eigenvalue weighted by Gasteiger charge is 2.20. The molecule has 1 unspecified atom stereocenters. The number of amidine groups is 1. The second kappa shape index (κ2) is 4.36. The number of hydrogen-bond donors (Lipinski definition) is 1. The third-order valence-corrected chi connectivity index (χ3v) is 3.62. The first-order chi connectivity index (χ1) is 6.34. The molecule has 3 heteroatoms. The van der Waals surface area contributed by atoms with Gasteiger partial charge in [0, 0.05) is 11.8 Å². The van der Waals surface area contributed by atoms with Crippen LogP contribution in [-0.4, -0.2) is 23.5 Å². The fourth-order valence-electron chi connectivity index (χ4n) is 1.57. The first-order valence-electron chi connectivity index (χ1n) is 5.29. The van der Waals surface area contributed by atoms with E-state index in [-0.39, 0.29) is 0 Å². The molecular formula is C10H18N2S. The molecule has 1 saturated carbocycles. The summed E-state index contributed by atoms with van der Waals surface area (Å²) in [5.74, 6) is 1.07. The summed E-state index contributed by atoms with van der Waals surface area (Å²) in [6.07, 6.45) is 5.69. The molecule has 1 atom stereocenters. The number of hydrogen-bond acceptors (Lipinski definition) is 3. The lowest BCUT2D eigenvalue weighted by Gasteiger charge is -2.04. The van der Waals surface area contributed by atoms with Crippen molar-refractivity contribution in [2.24, 2.45) is 10.9 Å². The van der Waals surface area contributed by atoms with Crippen LogP contribution in [0.5, 0.6) is 0 Å². The highest BCUT2D eigenvalue weighted by Crippen LogP contribution is 2.33. The van der Waals surface area contributed by atoms with Crippen molar-refractivity contribution >= 4 is 16.9 Å². The van der Waals surface area contributed by atoms with Gasteiger partial charge in [-0.15, -0.1) is 0 Å². The molecule has 2 aliphatic rings. The zero-order valence-electron chi connectivity index (χ0n) is 8.25. The van der Waals surface area contributed by atoms with Crippen LogP contribution >= 0.6 is 11.8 Å². The fourth-order valence-corrected chi connectivity index (χ4v) is 2.43. The van der Waals surface area contributed by atoms with E-state index in [1.54, 1.807) is 0 Å². The standard InChI is InChI=1S/C10H18N2S/c1-8-7-12-10(13-8)11-6-2-3-9-4-5-9/h8-9H,2-7H2,1H3,(H,11,12). The highest BCUT2D eigenvalue weighted by atomic mass is 32.2. The topological polar surface area (TPSA) is 24.4 Å². The van der Waals surface area contributed by atoms with E-state index in [0.717, 1.165) is 19.0 Å². The maximum absolute atomic E-state index is 4.42. The Kier molecular flexibility index (Phi) is 3.14. The van der Waals surface area contributed by atoms with Gasteiger partial charge in [0.2, 0.25) is 0 Å². The molecule has 2 nitrogen and oxygen atoms in total. The van der Waals surface area contributed by atoms with E-state index >= 15 is 0 Å².